The van der Waals surface area contributed by atoms with Gasteiger partial charge in [-0.05, 0) is 73.2 Å². The first kappa shape index (κ1) is 21.0. The molecule has 0 radical (unpaired) electrons. The lowest BCUT2D eigenvalue weighted by Gasteiger charge is -1.99. The van der Waals surface area contributed by atoms with E-state index in [9.17, 15) is 0 Å². The maximum Gasteiger partial charge on any atom is 0.0785 e. The van der Waals surface area contributed by atoms with Crippen LogP contribution in [-0.2, 0) is 12.8 Å². The molecule has 3 rings (SSSR count). The minimum Gasteiger partial charge on any atom is -0.118 e. The Morgan fingerprint density at radius 2 is 0.966 bits per heavy atom. The summed E-state index contributed by atoms with van der Waals surface area (Å²) in [6.45, 7) is 4.45. The molecule has 0 aliphatic heterocycles. The number of aryl methyl sites for hydroxylation is 2. The van der Waals surface area contributed by atoms with Crippen LogP contribution in [0.4, 0.5) is 0 Å². The summed E-state index contributed by atoms with van der Waals surface area (Å²) in [7, 11) is 0. The number of thiophene rings is 1. The number of rotatable bonds is 6. The molecule has 0 atom stereocenters. The van der Waals surface area contributed by atoms with Gasteiger partial charge >= 0.3 is 0 Å². The molecule has 0 saturated carbocycles. The predicted octanol–water partition coefficient (Wildman–Crippen LogP) is 7.23. The Morgan fingerprint density at radius 3 is 1.34 bits per heavy atom. The van der Waals surface area contributed by atoms with Crippen molar-refractivity contribution in [2.45, 2.75) is 52.4 Å². The molecule has 0 aliphatic carbocycles. The van der Waals surface area contributed by atoms with E-state index in [0.29, 0.717) is 0 Å². The summed E-state index contributed by atoms with van der Waals surface area (Å²) < 4.78 is 0. The van der Waals surface area contributed by atoms with E-state index in [1.807, 2.05) is 0 Å². The summed E-state index contributed by atoms with van der Waals surface area (Å²) in [6, 6.07) is 21.4. The zero-order valence-electron chi connectivity index (χ0n) is 17.4. The molecular weight excluding hydrogens is 368 g/mol. The van der Waals surface area contributed by atoms with Crippen LogP contribution in [0.1, 0.15) is 71.5 Å². The Balaban J connectivity index is 1.60. The van der Waals surface area contributed by atoms with Gasteiger partial charge < -0.3 is 0 Å². The molecule has 0 amide bonds. The second-order valence-electron chi connectivity index (χ2n) is 7.26. The van der Waals surface area contributed by atoms with Gasteiger partial charge in [0.1, 0.15) is 0 Å². The van der Waals surface area contributed by atoms with Crippen LogP contribution >= 0.6 is 11.3 Å². The van der Waals surface area contributed by atoms with Crippen molar-refractivity contribution < 1.29 is 0 Å². The third kappa shape index (κ3) is 6.98. The molecule has 1 heteroatoms. The fourth-order valence-electron chi connectivity index (χ4n) is 3.01. The van der Waals surface area contributed by atoms with E-state index >= 15 is 0 Å². The maximum atomic E-state index is 3.27. The molecule has 0 bridgehead atoms. The van der Waals surface area contributed by atoms with Gasteiger partial charge in [0.25, 0.3) is 0 Å². The van der Waals surface area contributed by atoms with Crippen molar-refractivity contribution in [2.75, 3.05) is 0 Å². The van der Waals surface area contributed by atoms with Gasteiger partial charge in [0.05, 0.1) is 9.75 Å². The molecule has 0 aliphatic rings. The lowest BCUT2D eigenvalue weighted by Crippen LogP contribution is -1.84. The van der Waals surface area contributed by atoms with E-state index in [-0.39, 0.29) is 0 Å². The molecular formula is C28H28S. The summed E-state index contributed by atoms with van der Waals surface area (Å²) in [5.74, 6) is 13.1. The maximum absolute atomic E-state index is 3.27. The van der Waals surface area contributed by atoms with Crippen molar-refractivity contribution in [2.24, 2.45) is 0 Å². The van der Waals surface area contributed by atoms with Gasteiger partial charge in [-0.2, -0.15) is 0 Å². The van der Waals surface area contributed by atoms with Gasteiger partial charge in [0.2, 0.25) is 0 Å². The molecule has 1 aromatic heterocycles. The van der Waals surface area contributed by atoms with Crippen molar-refractivity contribution in [1.29, 1.82) is 0 Å². The zero-order chi connectivity index (χ0) is 20.3. The van der Waals surface area contributed by atoms with Crippen LogP contribution in [-0.4, -0.2) is 0 Å². The Morgan fingerprint density at radius 1 is 0.552 bits per heavy atom. The average Bonchev–Trinajstić information content (AvgIpc) is 3.22. The van der Waals surface area contributed by atoms with Crippen molar-refractivity contribution >= 4 is 11.3 Å². The van der Waals surface area contributed by atoms with Crippen LogP contribution in [0.2, 0.25) is 0 Å². The van der Waals surface area contributed by atoms with Crippen molar-refractivity contribution in [1.82, 2.24) is 0 Å². The minimum absolute atomic E-state index is 1.05. The first-order chi connectivity index (χ1) is 14.3. The van der Waals surface area contributed by atoms with Gasteiger partial charge in [0, 0.05) is 11.1 Å². The third-order valence-electron chi connectivity index (χ3n) is 4.81. The molecule has 0 unspecified atom stereocenters. The lowest BCUT2D eigenvalue weighted by molar-refractivity contribution is 0.795. The Labute approximate surface area is 180 Å². The van der Waals surface area contributed by atoms with E-state index in [0.717, 1.165) is 33.7 Å². The molecule has 3 aromatic rings. The largest absolute Gasteiger partial charge is 0.118 e. The highest BCUT2D eigenvalue weighted by molar-refractivity contribution is 7.13. The minimum atomic E-state index is 1.05. The van der Waals surface area contributed by atoms with Gasteiger partial charge in [-0.3, -0.25) is 0 Å². The average molecular weight is 397 g/mol. The molecule has 146 valence electrons. The quantitative estimate of drug-likeness (QED) is 0.385. The van der Waals surface area contributed by atoms with Gasteiger partial charge in [-0.1, -0.05) is 74.6 Å². The second kappa shape index (κ2) is 11.3. The molecule has 2 aromatic carbocycles. The molecule has 0 N–H and O–H groups in total. The lowest BCUT2D eigenvalue weighted by atomic mass is 10.1. The van der Waals surface area contributed by atoms with Crippen LogP contribution in [0.15, 0.2) is 60.7 Å². The monoisotopic (exact) mass is 396 g/mol. The Hall–Kier alpha value is -2.74. The summed E-state index contributed by atoms with van der Waals surface area (Å²) in [4.78, 5) is 2.11. The number of benzene rings is 2. The van der Waals surface area contributed by atoms with Crippen LogP contribution in [0, 0.1) is 23.7 Å². The SMILES string of the molecule is CCCCc1ccc(C#Cc2ccc(C#Cc3ccc(CCCC)cc3)s2)cc1. The third-order valence-corrected chi connectivity index (χ3v) is 5.73. The first-order valence-corrected chi connectivity index (χ1v) is 11.4. The van der Waals surface area contributed by atoms with E-state index in [4.69, 9.17) is 0 Å². The number of hydrogen-bond acceptors (Lipinski definition) is 1. The normalized spacial score (nSPS) is 10.0. The van der Waals surface area contributed by atoms with E-state index in [2.05, 4.69) is 98.2 Å². The molecule has 0 spiro atoms. The smallest absolute Gasteiger partial charge is 0.0785 e. The molecule has 0 saturated heterocycles. The Kier molecular flexibility index (Phi) is 8.18. The molecule has 1 heterocycles. The topological polar surface area (TPSA) is 0 Å². The fourth-order valence-corrected chi connectivity index (χ4v) is 3.72. The summed E-state index contributed by atoms with van der Waals surface area (Å²) >= 11 is 1.65. The van der Waals surface area contributed by atoms with Gasteiger partial charge in [0.15, 0.2) is 0 Å². The van der Waals surface area contributed by atoms with Crippen LogP contribution in [0.3, 0.4) is 0 Å². The highest BCUT2D eigenvalue weighted by atomic mass is 32.1. The fraction of sp³-hybridized carbons (Fsp3) is 0.286. The predicted molar refractivity (Wildman–Crippen MR) is 126 cm³/mol. The zero-order valence-corrected chi connectivity index (χ0v) is 18.2. The first-order valence-electron chi connectivity index (χ1n) is 10.6. The van der Waals surface area contributed by atoms with Crippen LogP contribution in [0.5, 0.6) is 0 Å². The van der Waals surface area contributed by atoms with E-state index in [1.165, 1.54) is 36.8 Å². The molecule has 29 heavy (non-hydrogen) atoms. The van der Waals surface area contributed by atoms with Crippen molar-refractivity contribution in [3.05, 3.63) is 92.7 Å². The summed E-state index contributed by atoms with van der Waals surface area (Å²) in [5.41, 5.74) is 4.91. The molecule has 0 nitrogen and oxygen atoms in total. The standard InChI is InChI=1S/C28H28S/c1-3-5-7-23-9-13-25(14-10-23)17-19-27-21-22-28(29-27)20-18-26-15-11-24(12-16-26)8-6-4-2/h9-16,21-22H,3-8H2,1-2H3. The Bertz CT molecular complexity index is 928. The van der Waals surface area contributed by atoms with Gasteiger partial charge in [-0.25, -0.2) is 0 Å². The van der Waals surface area contributed by atoms with Crippen molar-refractivity contribution in [3.63, 3.8) is 0 Å². The highest BCUT2D eigenvalue weighted by Crippen LogP contribution is 2.15. The summed E-state index contributed by atoms with van der Waals surface area (Å²) in [5, 5.41) is 0. The number of unbranched alkanes of at least 4 members (excludes halogenated alkanes) is 2. The van der Waals surface area contributed by atoms with Crippen LogP contribution in [0.25, 0.3) is 0 Å². The summed E-state index contributed by atoms with van der Waals surface area (Å²) in [6.07, 6.45) is 7.25. The number of hydrogen-bond donors (Lipinski definition) is 0. The van der Waals surface area contributed by atoms with Gasteiger partial charge in [-0.15, -0.1) is 11.3 Å². The highest BCUT2D eigenvalue weighted by Gasteiger charge is 1.96. The van der Waals surface area contributed by atoms with E-state index in [1.54, 1.807) is 11.3 Å². The van der Waals surface area contributed by atoms with Crippen LogP contribution < -0.4 is 0 Å². The van der Waals surface area contributed by atoms with Crippen molar-refractivity contribution in [3.8, 4) is 23.7 Å². The van der Waals surface area contributed by atoms with E-state index < -0.39 is 0 Å². The molecule has 0 fully saturated rings. The second-order valence-corrected chi connectivity index (χ2v) is 8.35.